The average molecular weight is 635 g/mol. The van der Waals surface area contributed by atoms with Crippen LogP contribution in [0.5, 0.6) is 0 Å². The zero-order valence-electron chi connectivity index (χ0n) is 29.7. The van der Waals surface area contributed by atoms with E-state index in [-0.39, 0.29) is 16.2 Å². The number of benzene rings is 6. The molecule has 0 amide bonds. The summed E-state index contributed by atoms with van der Waals surface area (Å²) >= 11 is 0. The standard InChI is InChI=1S/C46H43BN2/c1-28-24-31(42-41(25-28)49-40-23-14-13-20-34(40)46(6,7)35-21-15-22-38(47-42)43(35)49)30-26-36-37(27-39(30)48-29-16-9-8-10-17-29)45(4,5)33-19-12-11-18-32(33)44(36,2)3/h8-27,47-48H,1-7H3. The lowest BCUT2D eigenvalue weighted by Crippen LogP contribution is -2.45. The van der Waals surface area contributed by atoms with E-state index in [9.17, 15) is 0 Å². The van der Waals surface area contributed by atoms with Gasteiger partial charge in [0.05, 0.1) is 5.69 Å². The van der Waals surface area contributed by atoms with Crippen LogP contribution in [0.3, 0.4) is 0 Å². The van der Waals surface area contributed by atoms with Crippen molar-refractivity contribution in [1.82, 2.24) is 0 Å². The smallest absolute Gasteiger partial charge is 0.198 e. The van der Waals surface area contributed by atoms with Crippen LogP contribution in [0.2, 0.25) is 0 Å². The second-order valence-electron chi connectivity index (χ2n) is 16.0. The molecule has 0 radical (unpaired) electrons. The Labute approximate surface area is 292 Å². The molecule has 2 heterocycles. The van der Waals surface area contributed by atoms with Crippen molar-refractivity contribution < 1.29 is 0 Å². The lowest BCUT2D eigenvalue weighted by atomic mass is 9.55. The minimum Gasteiger partial charge on any atom is -0.355 e. The van der Waals surface area contributed by atoms with E-state index < -0.39 is 0 Å². The summed E-state index contributed by atoms with van der Waals surface area (Å²) in [5.74, 6) is 0. The predicted molar refractivity (Wildman–Crippen MR) is 210 cm³/mol. The molecule has 0 saturated carbocycles. The second kappa shape index (κ2) is 10.2. The average Bonchev–Trinajstić information content (AvgIpc) is 3.09. The van der Waals surface area contributed by atoms with Gasteiger partial charge in [0, 0.05) is 44.6 Å². The molecule has 6 aromatic carbocycles. The zero-order valence-corrected chi connectivity index (χ0v) is 29.7. The van der Waals surface area contributed by atoms with Gasteiger partial charge in [-0.05, 0) is 93.3 Å². The van der Waals surface area contributed by atoms with Gasteiger partial charge in [-0.2, -0.15) is 0 Å². The van der Waals surface area contributed by atoms with Crippen LogP contribution < -0.4 is 21.1 Å². The van der Waals surface area contributed by atoms with Crippen molar-refractivity contribution in [2.75, 3.05) is 10.2 Å². The maximum Gasteiger partial charge on any atom is 0.198 e. The molecule has 1 N–H and O–H groups in total. The number of fused-ring (bicyclic) bond motifs is 6. The molecule has 0 spiro atoms. The summed E-state index contributed by atoms with van der Waals surface area (Å²) < 4.78 is 0. The molecule has 0 fully saturated rings. The summed E-state index contributed by atoms with van der Waals surface area (Å²) in [5.41, 5.74) is 20.9. The van der Waals surface area contributed by atoms with E-state index in [1.54, 1.807) is 0 Å². The molecule has 49 heavy (non-hydrogen) atoms. The van der Waals surface area contributed by atoms with Crippen molar-refractivity contribution in [1.29, 1.82) is 0 Å². The molecule has 6 aromatic rings. The first-order valence-electron chi connectivity index (χ1n) is 17.7. The molecule has 2 aliphatic heterocycles. The molecule has 1 aliphatic carbocycles. The van der Waals surface area contributed by atoms with E-state index >= 15 is 0 Å². The van der Waals surface area contributed by atoms with Crippen LogP contribution in [-0.4, -0.2) is 7.28 Å². The van der Waals surface area contributed by atoms with Crippen molar-refractivity contribution >= 4 is 46.6 Å². The third-order valence-corrected chi connectivity index (χ3v) is 11.9. The normalized spacial score (nSPS) is 16.7. The first kappa shape index (κ1) is 30.1. The number of para-hydroxylation sites is 3. The molecule has 9 rings (SSSR count). The Balaban J connectivity index is 1.33. The fourth-order valence-electron chi connectivity index (χ4n) is 9.33. The summed E-state index contributed by atoms with van der Waals surface area (Å²) in [4.78, 5) is 2.58. The Bertz CT molecular complexity index is 2330. The lowest BCUT2D eigenvalue weighted by molar-refractivity contribution is 0.521. The Hall–Kier alpha value is -5.02. The monoisotopic (exact) mass is 634 g/mol. The number of hydrogen-bond donors (Lipinski definition) is 1. The van der Waals surface area contributed by atoms with E-state index in [2.05, 4.69) is 180 Å². The van der Waals surface area contributed by atoms with E-state index in [1.807, 2.05) is 0 Å². The Morgan fingerprint density at radius 1 is 0.510 bits per heavy atom. The first-order chi connectivity index (χ1) is 23.5. The SMILES string of the molecule is Cc1cc(-c2cc3c(cc2Nc2ccccc2)C(C)(C)c2ccccc2C3(C)C)c2c(c1)N1c3ccccc3C(C)(C)c3cccc(c31)B2. The minimum atomic E-state index is -0.149. The second-order valence-corrected chi connectivity index (χ2v) is 16.0. The van der Waals surface area contributed by atoms with Gasteiger partial charge in [0.2, 0.25) is 0 Å². The number of aryl methyl sites for hydroxylation is 1. The molecule has 0 aromatic heterocycles. The summed E-state index contributed by atoms with van der Waals surface area (Å²) in [6.45, 7) is 16.6. The molecule has 0 unspecified atom stereocenters. The van der Waals surface area contributed by atoms with Gasteiger partial charge in [-0.1, -0.05) is 132 Å². The Kier molecular flexibility index (Phi) is 6.29. The van der Waals surface area contributed by atoms with Crippen LogP contribution in [0.4, 0.5) is 28.4 Å². The third-order valence-electron chi connectivity index (χ3n) is 11.9. The Morgan fingerprint density at radius 3 is 1.82 bits per heavy atom. The van der Waals surface area contributed by atoms with Gasteiger partial charge in [-0.15, -0.1) is 0 Å². The van der Waals surface area contributed by atoms with Gasteiger partial charge in [0.25, 0.3) is 0 Å². The van der Waals surface area contributed by atoms with Gasteiger partial charge in [0.15, 0.2) is 7.28 Å². The van der Waals surface area contributed by atoms with Crippen LogP contribution >= 0.6 is 0 Å². The fourth-order valence-corrected chi connectivity index (χ4v) is 9.33. The van der Waals surface area contributed by atoms with Gasteiger partial charge < -0.3 is 10.2 Å². The Morgan fingerprint density at radius 2 is 1.10 bits per heavy atom. The molecule has 0 saturated heterocycles. The largest absolute Gasteiger partial charge is 0.355 e. The van der Waals surface area contributed by atoms with E-state index in [0.29, 0.717) is 0 Å². The topological polar surface area (TPSA) is 15.3 Å². The molecule has 3 heteroatoms. The van der Waals surface area contributed by atoms with E-state index in [1.165, 1.54) is 78.1 Å². The van der Waals surface area contributed by atoms with Crippen LogP contribution in [0, 0.1) is 6.92 Å². The molecular formula is C46H43BN2. The highest BCUT2D eigenvalue weighted by molar-refractivity contribution is 6.73. The van der Waals surface area contributed by atoms with Crippen molar-refractivity contribution in [2.24, 2.45) is 0 Å². The highest BCUT2D eigenvalue weighted by Gasteiger charge is 2.44. The van der Waals surface area contributed by atoms with Gasteiger partial charge in [-0.25, -0.2) is 0 Å². The maximum absolute atomic E-state index is 3.91. The third kappa shape index (κ3) is 4.21. The summed E-state index contributed by atoms with van der Waals surface area (Å²) in [6.07, 6.45) is 0. The van der Waals surface area contributed by atoms with Crippen LogP contribution in [0.25, 0.3) is 11.1 Å². The summed E-state index contributed by atoms with van der Waals surface area (Å²) in [7, 11) is 0.891. The summed E-state index contributed by atoms with van der Waals surface area (Å²) in [6, 6.07) is 45.6. The number of anilines is 5. The van der Waals surface area contributed by atoms with Crippen molar-refractivity contribution in [3.05, 3.63) is 160 Å². The molecule has 0 bridgehead atoms. The minimum absolute atomic E-state index is 0.0808. The van der Waals surface area contributed by atoms with Crippen molar-refractivity contribution in [3.8, 4) is 11.1 Å². The lowest BCUT2D eigenvalue weighted by Gasteiger charge is -2.46. The zero-order chi connectivity index (χ0) is 33.9. The number of hydrogen-bond acceptors (Lipinski definition) is 2. The number of rotatable bonds is 3. The van der Waals surface area contributed by atoms with Crippen molar-refractivity contribution in [3.63, 3.8) is 0 Å². The fraction of sp³-hybridized carbons (Fsp3) is 0.217. The molecule has 3 aliphatic rings. The number of nitrogens with one attached hydrogen (secondary N) is 1. The number of nitrogens with zero attached hydrogens (tertiary/aromatic N) is 1. The first-order valence-corrected chi connectivity index (χ1v) is 17.7. The van der Waals surface area contributed by atoms with Crippen molar-refractivity contribution in [2.45, 2.75) is 64.7 Å². The van der Waals surface area contributed by atoms with Crippen LogP contribution in [0.1, 0.15) is 80.5 Å². The molecule has 2 nitrogen and oxygen atoms in total. The van der Waals surface area contributed by atoms with Gasteiger partial charge in [-0.3, -0.25) is 0 Å². The van der Waals surface area contributed by atoms with E-state index in [4.69, 9.17) is 0 Å². The van der Waals surface area contributed by atoms with E-state index in [0.717, 1.165) is 18.7 Å². The highest BCUT2D eigenvalue weighted by Crippen LogP contribution is 2.54. The molecular weight excluding hydrogens is 591 g/mol. The highest BCUT2D eigenvalue weighted by atomic mass is 15.2. The summed E-state index contributed by atoms with van der Waals surface area (Å²) in [5, 5.41) is 3.91. The maximum atomic E-state index is 3.91. The molecule has 240 valence electrons. The molecule has 0 atom stereocenters. The predicted octanol–water partition coefficient (Wildman–Crippen LogP) is 10.2. The van der Waals surface area contributed by atoms with Gasteiger partial charge >= 0.3 is 0 Å². The van der Waals surface area contributed by atoms with Crippen LogP contribution in [0.15, 0.2) is 121 Å². The quantitative estimate of drug-likeness (QED) is 0.195. The van der Waals surface area contributed by atoms with Crippen LogP contribution in [-0.2, 0) is 16.2 Å². The van der Waals surface area contributed by atoms with Gasteiger partial charge in [0.1, 0.15) is 0 Å².